The maximum Gasteiger partial charge on any atom is 0.434 e. The SMILES string of the molecule is CC(Nc1ncc(C(F)(F)F)nc1C(=O)N[C@@H](C)c1ccc(F)c(F)c1)c1ccc(-c2cnc3[nH]nc(N)c3c2)cc1. The summed E-state index contributed by atoms with van der Waals surface area (Å²) in [5, 5.41) is 12.8. The third-order valence-corrected chi connectivity index (χ3v) is 6.61. The number of pyridine rings is 1. The zero-order valence-electron chi connectivity index (χ0n) is 22.1. The molecule has 42 heavy (non-hydrogen) atoms. The predicted molar refractivity (Wildman–Crippen MR) is 145 cm³/mol. The lowest BCUT2D eigenvalue weighted by Crippen LogP contribution is -2.30. The number of hydrogen-bond donors (Lipinski definition) is 4. The van der Waals surface area contributed by atoms with Crippen LogP contribution in [0.15, 0.2) is 60.9 Å². The van der Waals surface area contributed by atoms with Gasteiger partial charge in [0.15, 0.2) is 40.3 Å². The minimum absolute atomic E-state index is 0.195. The highest BCUT2D eigenvalue weighted by molar-refractivity contribution is 5.97. The number of aromatic nitrogens is 5. The minimum atomic E-state index is -4.85. The van der Waals surface area contributed by atoms with Gasteiger partial charge in [-0.2, -0.15) is 18.3 Å². The molecule has 0 spiro atoms. The van der Waals surface area contributed by atoms with Crippen LogP contribution in [0.2, 0.25) is 0 Å². The fraction of sp³-hybridized carbons (Fsp3) is 0.179. The van der Waals surface area contributed by atoms with E-state index in [-0.39, 0.29) is 11.4 Å². The Morgan fingerprint density at radius 3 is 2.31 bits per heavy atom. The second-order valence-corrected chi connectivity index (χ2v) is 9.54. The van der Waals surface area contributed by atoms with E-state index in [2.05, 4.69) is 35.8 Å². The second kappa shape index (κ2) is 11.0. The number of halogens is 5. The number of alkyl halides is 3. The first kappa shape index (κ1) is 28.4. The molecule has 0 aliphatic rings. The molecule has 0 aliphatic heterocycles. The van der Waals surface area contributed by atoms with Crippen LogP contribution in [-0.4, -0.2) is 31.1 Å². The first-order chi connectivity index (χ1) is 19.9. The molecular weight excluding hydrogens is 559 g/mol. The van der Waals surface area contributed by atoms with Crippen molar-refractivity contribution in [2.45, 2.75) is 32.1 Å². The first-order valence-corrected chi connectivity index (χ1v) is 12.6. The molecule has 0 fully saturated rings. The van der Waals surface area contributed by atoms with E-state index in [1.54, 1.807) is 25.3 Å². The number of carbonyl (C=O) groups excluding carboxylic acids is 1. The van der Waals surface area contributed by atoms with Crippen molar-refractivity contribution in [3.63, 3.8) is 0 Å². The average molecular weight is 583 g/mol. The number of fused-ring (bicyclic) bond motifs is 1. The summed E-state index contributed by atoms with van der Waals surface area (Å²) >= 11 is 0. The molecule has 0 bridgehead atoms. The molecule has 3 heterocycles. The lowest BCUT2D eigenvalue weighted by atomic mass is 10.0. The summed E-state index contributed by atoms with van der Waals surface area (Å²) < 4.78 is 67.3. The molecule has 5 aromatic rings. The quantitative estimate of drug-likeness (QED) is 0.174. The van der Waals surface area contributed by atoms with E-state index in [1.165, 1.54) is 13.0 Å². The van der Waals surface area contributed by atoms with Crippen molar-refractivity contribution in [1.82, 2.24) is 30.5 Å². The molecule has 0 aliphatic carbocycles. The van der Waals surface area contributed by atoms with Crippen molar-refractivity contribution in [3.8, 4) is 11.1 Å². The average Bonchev–Trinajstić information content (AvgIpc) is 3.33. The van der Waals surface area contributed by atoms with Crippen molar-refractivity contribution < 1.29 is 26.7 Å². The number of amides is 1. The van der Waals surface area contributed by atoms with Gasteiger partial charge in [-0.1, -0.05) is 30.3 Å². The van der Waals surface area contributed by atoms with Crippen molar-refractivity contribution in [3.05, 3.63) is 95.1 Å². The Morgan fingerprint density at radius 2 is 1.62 bits per heavy atom. The number of nitrogens with two attached hydrogens (primary N) is 1. The van der Waals surface area contributed by atoms with Gasteiger partial charge in [0, 0.05) is 11.8 Å². The van der Waals surface area contributed by atoms with E-state index in [0.717, 1.165) is 28.8 Å². The summed E-state index contributed by atoms with van der Waals surface area (Å²) in [5.41, 5.74) is 7.03. The van der Waals surface area contributed by atoms with Crippen LogP contribution in [0, 0.1) is 11.6 Å². The normalized spacial score (nSPS) is 13.1. The van der Waals surface area contributed by atoms with Gasteiger partial charge in [-0.15, -0.1) is 0 Å². The second-order valence-electron chi connectivity index (χ2n) is 9.54. The summed E-state index contributed by atoms with van der Waals surface area (Å²) in [6.45, 7) is 3.21. The van der Waals surface area contributed by atoms with Gasteiger partial charge in [-0.25, -0.2) is 23.7 Å². The van der Waals surface area contributed by atoms with Gasteiger partial charge in [0.2, 0.25) is 0 Å². The van der Waals surface area contributed by atoms with Gasteiger partial charge in [0.1, 0.15) is 0 Å². The Balaban J connectivity index is 1.38. The zero-order valence-corrected chi connectivity index (χ0v) is 22.1. The Bertz CT molecular complexity index is 1770. The molecule has 2 atom stereocenters. The van der Waals surface area contributed by atoms with Crippen molar-refractivity contribution in [2.75, 3.05) is 11.1 Å². The van der Waals surface area contributed by atoms with Gasteiger partial charge in [0.05, 0.1) is 23.7 Å². The largest absolute Gasteiger partial charge is 0.434 e. The van der Waals surface area contributed by atoms with Crippen molar-refractivity contribution in [1.29, 1.82) is 0 Å². The van der Waals surface area contributed by atoms with Crippen LogP contribution >= 0.6 is 0 Å². The predicted octanol–water partition coefficient (Wildman–Crippen LogP) is 5.96. The molecule has 9 nitrogen and oxygen atoms in total. The maximum absolute atomic E-state index is 13.7. The summed E-state index contributed by atoms with van der Waals surface area (Å²) in [7, 11) is 0. The van der Waals surface area contributed by atoms with E-state index in [1.807, 2.05) is 18.2 Å². The van der Waals surface area contributed by atoms with E-state index in [0.29, 0.717) is 23.0 Å². The highest BCUT2D eigenvalue weighted by atomic mass is 19.4. The van der Waals surface area contributed by atoms with Crippen LogP contribution < -0.4 is 16.4 Å². The van der Waals surface area contributed by atoms with Crippen LogP contribution in [0.5, 0.6) is 0 Å². The highest BCUT2D eigenvalue weighted by Gasteiger charge is 2.35. The minimum Gasteiger partial charge on any atom is -0.382 e. The zero-order chi connectivity index (χ0) is 30.2. The van der Waals surface area contributed by atoms with Crippen LogP contribution in [0.25, 0.3) is 22.2 Å². The fourth-order valence-electron chi connectivity index (χ4n) is 4.25. The number of nitrogens with zero attached hydrogens (tertiary/aromatic N) is 4. The highest BCUT2D eigenvalue weighted by Crippen LogP contribution is 2.30. The molecule has 1 amide bonds. The summed E-state index contributed by atoms with van der Waals surface area (Å²) in [6, 6.07) is 10.8. The van der Waals surface area contributed by atoms with Crippen LogP contribution in [0.1, 0.15) is 53.2 Å². The van der Waals surface area contributed by atoms with Gasteiger partial charge in [-0.05, 0) is 48.7 Å². The van der Waals surface area contributed by atoms with E-state index >= 15 is 0 Å². The lowest BCUT2D eigenvalue weighted by molar-refractivity contribution is -0.141. The number of nitrogens with one attached hydrogen (secondary N) is 3. The molecule has 3 aromatic heterocycles. The summed E-state index contributed by atoms with van der Waals surface area (Å²) in [4.78, 5) is 24.8. The van der Waals surface area contributed by atoms with E-state index in [9.17, 15) is 26.7 Å². The van der Waals surface area contributed by atoms with Gasteiger partial charge in [-0.3, -0.25) is 9.89 Å². The van der Waals surface area contributed by atoms with Gasteiger partial charge in [0.25, 0.3) is 5.91 Å². The van der Waals surface area contributed by atoms with Gasteiger partial charge < -0.3 is 16.4 Å². The third-order valence-electron chi connectivity index (χ3n) is 6.61. The number of nitrogen functional groups attached to an aromatic ring is 1. The van der Waals surface area contributed by atoms with Crippen molar-refractivity contribution in [2.24, 2.45) is 0 Å². The molecule has 216 valence electrons. The number of aromatic amines is 1. The Labute approximate surface area is 235 Å². The van der Waals surface area contributed by atoms with E-state index in [4.69, 9.17) is 5.73 Å². The maximum atomic E-state index is 13.7. The summed E-state index contributed by atoms with van der Waals surface area (Å²) in [5.74, 6) is -3.06. The number of benzene rings is 2. The monoisotopic (exact) mass is 582 g/mol. The molecule has 0 radical (unpaired) electrons. The van der Waals surface area contributed by atoms with Crippen molar-refractivity contribution >= 4 is 28.6 Å². The fourth-order valence-corrected chi connectivity index (χ4v) is 4.25. The number of hydrogen-bond acceptors (Lipinski definition) is 7. The molecule has 0 saturated heterocycles. The third kappa shape index (κ3) is 5.82. The molecule has 0 saturated carbocycles. The Morgan fingerprint density at radius 1 is 0.905 bits per heavy atom. The number of carbonyl (C=O) groups is 1. The van der Waals surface area contributed by atoms with Gasteiger partial charge >= 0.3 is 6.18 Å². The van der Waals surface area contributed by atoms with Crippen LogP contribution in [0.4, 0.5) is 33.6 Å². The summed E-state index contributed by atoms with van der Waals surface area (Å²) in [6.07, 6.45) is -2.66. The van der Waals surface area contributed by atoms with Crippen LogP contribution in [-0.2, 0) is 6.18 Å². The van der Waals surface area contributed by atoms with Crippen LogP contribution in [0.3, 0.4) is 0 Å². The topological polar surface area (TPSA) is 134 Å². The molecule has 2 aromatic carbocycles. The molecular formula is C28H23F5N8O. The molecule has 5 rings (SSSR count). The Kier molecular flexibility index (Phi) is 7.45. The molecule has 14 heteroatoms. The van der Waals surface area contributed by atoms with E-state index < -0.39 is 47.2 Å². The molecule has 5 N–H and O–H groups in total. The smallest absolute Gasteiger partial charge is 0.382 e. The number of anilines is 2. The number of rotatable bonds is 7. The standard InChI is InChI=1S/C28H23F5N8O/c1-13(15-3-5-16(6-4-15)18-9-19-24(34)40-41-25(19)35-11-18)37-26-23(39-22(12-36-26)28(31,32)33)27(42)38-14(2)17-7-8-20(29)21(30)10-17/h3-14H,1-2H3,(H,36,37)(H,38,42)(H3,34,35,40,41)/t13?,14-/m0/s1. The lowest BCUT2D eigenvalue weighted by Gasteiger charge is -2.20. The Hall–Kier alpha value is -5.14. The number of H-pyrrole nitrogens is 1. The molecule has 1 unspecified atom stereocenters. The first-order valence-electron chi connectivity index (χ1n) is 12.6.